The lowest BCUT2D eigenvalue weighted by Gasteiger charge is -2.12. The SMILES string of the molecule is NCCN1C(=O)CCS1(=O)=O. The highest BCUT2D eigenvalue weighted by molar-refractivity contribution is 7.90. The Kier molecular flexibility index (Phi) is 2.15. The van der Waals surface area contributed by atoms with E-state index < -0.39 is 10.0 Å². The van der Waals surface area contributed by atoms with Crippen LogP contribution in [0, 0.1) is 0 Å². The summed E-state index contributed by atoms with van der Waals surface area (Å²) in [4.78, 5) is 10.9. The molecule has 0 saturated carbocycles. The molecule has 0 aromatic carbocycles. The van der Waals surface area contributed by atoms with Gasteiger partial charge in [-0.1, -0.05) is 0 Å². The van der Waals surface area contributed by atoms with Crippen molar-refractivity contribution in [3.05, 3.63) is 0 Å². The van der Waals surface area contributed by atoms with Crippen LogP contribution in [0.1, 0.15) is 6.42 Å². The number of carbonyl (C=O) groups excluding carboxylic acids is 1. The lowest BCUT2D eigenvalue weighted by Crippen LogP contribution is -2.34. The van der Waals surface area contributed by atoms with Gasteiger partial charge in [0, 0.05) is 19.5 Å². The van der Waals surface area contributed by atoms with Crippen LogP contribution in [0.25, 0.3) is 0 Å². The summed E-state index contributed by atoms with van der Waals surface area (Å²) in [6.07, 6.45) is 0.0995. The van der Waals surface area contributed by atoms with Crippen LogP contribution in [-0.2, 0) is 14.8 Å². The summed E-state index contributed by atoms with van der Waals surface area (Å²) in [5, 5.41) is 0. The quantitative estimate of drug-likeness (QED) is 0.558. The van der Waals surface area contributed by atoms with Gasteiger partial charge < -0.3 is 5.73 Å². The van der Waals surface area contributed by atoms with E-state index in [0.29, 0.717) is 0 Å². The maximum Gasteiger partial charge on any atom is 0.237 e. The van der Waals surface area contributed by atoms with Gasteiger partial charge in [-0.25, -0.2) is 12.7 Å². The maximum atomic E-state index is 11.0. The van der Waals surface area contributed by atoms with Crippen LogP contribution in [0.15, 0.2) is 0 Å². The van der Waals surface area contributed by atoms with E-state index in [-0.39, 0.29) is 31.2 Å². The first kappa shape index (κ1) is 8.48. The highest BCUT2D eigenvalue weighted by Gasteiger charge is 2.33. The molecule has 1 aliphatic heterocycles. The molecule has 0 aromatic rings. The van der Waals surface area contributed by atoms with Gasteiger partial charge in [0.15, 0.2) is 0 Å². The fourth-order valence-corrected chi connectivity index (χ4v) is 2.43. The summed E-state index contributed by atoms with van der Waals surface area (Å²) >= 11 is 0. The van der Waals surface area contributed by atoms with Gasteiger partial charge in [-0.3, -0.25) is 4.79 Å². The van der Waals surface area contributed by atoms with Crippen molar-refractivity contribution >= 4 is 15.9 Å². The molecule has 1 heterocycles. The van der Waals surface area contributed by atoms with E-state index in [1.54, 1.807) is 0 Å². The normalized spacial score (nSPS) is 22.6. The maximum absolute atomic E-state index is 11.0. The predicted octanol–water partition coefficient (Wildman–Crippen LogP) is -1.49. The number of hydrogen-bond acceptors (Lipinski definition) is 4. The molecular weight excluding hydrogens is 168 g/mol. The number of nitrogens with zero attached hydrogens (tertiary/aromatic N) is 1. The number of amides is 1. The molecule has 0 aliphatic carbocycles. The minimum atomic E-state index is -3.29. The zero-order valence-electron chi connectivity index (χ0n) is 5.99. The van der Waals surface area contributed by atoms with E-state index in [1.165, 1.54) is 0 Å². The monoisotopic (exact) mass is 178 g/mol. The highest BCUT2D eigenvalue weighted by atomic mass is 32.2. The molecule has 1 rings (SSSR count). The lowest BCUT2D eigenvalue weighted by atomic mass is 10.4. The van der Waals surface area contributed by atoms with Crippen molar-refractivity contribution in [1.82, 2.24) is 4.31 Å². The van der Waals surface area contributed by atoms with Gasteiger partial charge in [0.05, 0.1) is 5.75 Å². The molecule has 0 unspecified atom stereocenters. The molecule has 0 bridgehead atoms. The number of sulfonamides is 1. The Morgan fingerprint density at radius 2 is 2.18 bits per heavy atom. The topological polar surface area (TPSA) is 80.5 Å². The molecule has 1 amide bonds. The molecule has 0 radical (unpaired) electrons. The van der Waals surface area contributed by atoms with E-state index >= 15 is 0 Å². The summed E-state index contributed by atoms with van der Waals surface area (Å²) in [6.45, 7) is 0.298. The van der Waals surface area contributed by atoms with Crippen molar-refractivity contribution in [2.24, 2.45) is 5.73 Å². The van der Waals surface area contributed by atoms with Crippen molar-refractivity contribution < 1.29 is 13.2 Å². The van der Waals surface area contributed by atoms with Crippen LogP contribution in [0.5, 0.6) is 0 Å². The standard InChI is InChI=1S/C5H10N2O3S/c6-2-3-7-5(8)1-4-11(7,9)10/h1-4,6H2. The third-order valence-electron chi connectivity index (χ3n) is 1.52. The zero-order valence-corrected chi connectivity index (χ0v) is 6.80. The third-order valence-corrected chi connectivity index (χ3v) is 3.30. The van der Waals surface area contributed by atoms with E-state index in [1.807, 2.05) is 0 Å². The Morgan fingerprint density at radius 1 is 1.55 bits per heavy atom. The van der Waals surface area contributed by atoms with E-state index in [0.717, 1.165) is 4.31 Å². The van der Waals surface area contributed by atoms with Crippen LogP contribution >= 0.6 is 0 Å². The summed E-state index contributed by atoms with van der Waals surface area (Å²) in [5.41, 5.74) is 5.13. The number of carbonyl (C=O) groups is 1. The first-order valence-corrected chi connectivity index (χ1v) is 4.92. The summed E-state index contributed by atoms with van der Waals surface area (Å²) in [6, 6.07) is 0. The second-order valence-corrected chi connectivity index (χ2v) is 4.33. The fraction of sp³-hybridized carbons (Fsp3) is 0.800. The predicted molar refractivity (Wildman–Crippen MR) is 39.2 cm³/mol. The molecule has 1 saturated heterocycles. The molecule has 0 aromatic heterocycles. The molecular formula is C5H10N2O3S. The average Bonchev–Trinajstić information content (AvgIpc) is 2.16. The highest BCUT2D eigenvalue weighted by Crippen LogP contribution is 2.13. The van der Waals surface area contributed by atoms with E-state index in [9.17, 15) is 13.2 Å². The van der Waals surface area contributed by atoms with Crippen LogP contribution in [0.4, 0.5) is 0 Å². The van der Waals surface area contributed by atoms with Gasteiger partial charge >= 0.3 is 0 Å². The van der Waals surface area contributed by atoms with Crippen LogP contribution in [0.3, 0.4) is 0 Å². The molecule has 5 nitrogen and oxygen atoms in total. The van der Waals surface area contributed by atoms with Gasteiger partial charge in [0.25, 0.3) is 0 Å². The Balaban J connectivity index is 2.81. The Hall–Kier alpha value is -0.620. The lowest BCUT2D eigenvalue weighted by molar-refractivity contribution is -0.124. The molecule has 1 fully saturated rings. The summed E-state index contributed by atoms with van der Waals surface area (Å²) in [7, 11) is -3.29. The van der Waals surface area contributed by atoms with Crippen LogP contribution < -0.4 is 5.73 Å². The minimum absolute atomic E-state index is 0.0637. The molecule has 2 N–H and O–H groups in total. The number of hydrogen-bond donors (Lipinski definition) is 1. The van der Waals surface area contributed by atoms with Crippen molar-refractivity contribution in [3.63, 3.8) is 0 Å². The number of rotatable bonds is 2. The zero-order chi connectivity index (χ0) is 8.48. The van der Waals surface area contributed by atoms with Crippen molar-refractivity contribution in [2.75, 3.05) is 18.8 Å². The molecule has 1 aliphatic rings. The Morgan fingerprint density at radius 3 is 2.55 bits per heavy atom. The second-order valence-electron chi connectivity index (χ2n) is 2.32. The van der Waals surface area contributed by atoms with E-state index in [2.05, 4.69) is 0 Å². The van der Waals surface area contributed by atoms with Gasteiger partial charge in [0.2, 0.25) is 15.9 Å². The van der Waals surface area contributed by atoms with E-state index in [4.69, 9.17) is 5.73 Å². The van der Waals surface area contributed by atoms with Crippen molar-refractivity contribution in [2.45, 2.75) is 6.42 Å². The van der Waals surface area contributed by atoms with Gasteiger partial charge in [0.1, 0.15) is 0 Å². The van der Waals surface area contributed by atoms with Crippen molar-refractivity contribution in [1.29, 1.82) is 0 Å². The minimum Gasteiger partial charge on any atom is -0.329 e. The second kappa shape index (κ2) is 2.78. The third kappa shape index (κ3) is 1.51. The fourth-order valence-electron chi connectivity index (χ4n) is 0.987. The van der Waals surface area contributed by atoms with Gasteiger partial charge in [-0.2, -0.15) is 0 Å². The summed E-state index contributed by atoms with van der Waals surface area (Å²) < 4.78 is 22.9. The molecule has 6 heteroatoms. The Bertz CT molecular complexity index is 259. The van der Waals surface area contributed by atoms with Crippen LogP contribution in [0.2, 0.25) is 0 Å². The number of nitrogens with two attached hydrogens (primary N) is 1. The smallest absolute Gasteiger partial charge is 0.237 e. The largest absolute Gasteiger partial charge is 0.329 e. The first-order valence-electron chi connectivity index (χ1n) is 3.31. The molecule has 11 heavy (non-hydrogen) atoms. The summed E-state index contributed by atoms with van der Waals surface area (Å²) in [5.74, 6) is -0.401. The average molecular weight is 178 g/mol. The molecule has 64 valence electrons. The van der Waals surface area contributed by atoms with Gasteiger partial charge in [-0.05, 0) is 0 Å². The van der Waals surface area contributed by atoms with Crippen LogP contribution in [-0.4, -0.2) is 37.5 Å². The van der Waals surface area contributed by atoms with Crippen molar-refractivity contribution in [3.8, 4) is 0 Å². The first-order chi connectivity index (χ1) is 5.08. The molecule has 0 atom stereocenters. The van der Waals surface area contributed by atoms with Gasteiger partial charge in [-0.15, -0.1) is 0 Å². The Labute approximate surface area is 65.2 Å². The molecule has 0 spiro atoms.